The molecule has 0 bridgehead atoms. The van der Waals surface area contributed by atoms with Crippen molar-refractivity contribution in [3.63, 3.8) is 0 Å². The third kappa shape index (κ3) is 6.25. The molecule has 2 aromatic rings. The molecule has 0 atom stereocenters. The molecule has 1 N–H and O–H groups in total. The normalized spacial score (nSPS) is 18.8. The molecule has 4 heterocycles. The average molecular weight is 413 g/mol. The van der Waals surface area contributed by atoms with Crippen LogP contribution in [0.25, 0.3) is 0 Å². The maximum atomic E-state index is 6.04. The van der Waals surface area contributed by atoms with Gasteiger partial charge in [-0.3, -0.25) is 4.68 Å². The maximum Gasteiger partial charge on any atom is 0.225 e. The minimum atomic E-state index is 0.406. The lowest BCUT2D eigenvalue weighted by molar-refractivity contribution is 0.0346. The van der Waals surface area contributed by atoms with Crippen LogP contribution in [0.3, 0.4) is 0 Å². The molecule has 2 aliphatic rings. The van der Waals surface area contributed by atoms with Gasteiger partial charge in [0.1, 0.15) is 0 Å². The van der Waals surface area contributed by atoms with E-state index in [2.05, 4.69) is 38.1 Å². The largest absolute Gasteiger partial charge is 0.378 e. The summed E-state index contributed by atoms with van der Waals surface area (Å²) >= 11 is 0. The second-order valence-electron chi connectivity index (χ2n) is 8.77. The van der Waals surface area contributed by atoms with Crippen molar-refractivity contribution in [3.8, 4) is 0 Å². The highest BCUT2D eigenvalue weighted by molar-refractivity contribution is 5.31. The van der Waals surface area contributed by atoms with Crippen molar-refractivity contribution in [2.24, 2.45) is 5.92 Å². The highest BCUT2D eigenvalue weighted by Crippen LogP contribution is 2.24. The van der Waals surface area contributed by atoms with Gasteiger partial charge in [0.05, 0.1) is 18.9 Å². The Hall–Kier alpha value is -1.99. The Morgan fingerprint density at radius 1 is 1.17 bits per heavy atom. The van der Waals surface area contributed by atoms with Crippen molar-refractivity contribution in [1.82, 2.24) is 25.1 Å². The van der Waals surface area contributed by atoms with E-state index in [1.807, 2.05) is 18.5 Å². The summed E-state index contributed by atoms with van der Waals surface area (Å²) in [7, 11) is 0. The first-order valence-electron chi connectivity index (χ1n) is 11.6. The number of piperidine rings is 2. The van der Waals surface area contributed by atoms with Gasteiger partial charge in [0, 0.05) is 44.1 Å². The zero-order valence-corrected chi connectivity index (χ0v) is 18.3. The summed E-state index contributed by atoms with van der Waals surface area (Å²) in [5.74, 6) is 1.69. The van der Waals surface area contributed by atoms with E-state index in [-0.39, 0.29) is 0 Å². The van der Waals surface area contributed by atoms with E-state index < -0.39 is 0 Å². The summed E-state index contributed by atoms with van der Waals surface area (Å²) in [5.41, 5.74) is 2.33. The molecule has 2 aromatic heterocycles. The first kappa shape index (κ1) is 21.2. The van der Waals surface area contributed by atoms with Crippen molar-refractivity contribution >= 4 is 5.95 Å². The monoisotopic (exact) mass is 412 g/mol. The standard InChI is InChI=1S/C23H36N6O/c1-19-17-26-29(18-19)13-2-3-20-7-14-28(15-8-20)23-25-12-4-21(27-23)9-16-30-22-5-10-24-11-6-22/h4,12,17-18,20,22,24H,2-3,5-11,13-16H2,1H3. The van der Waals surface area contributed by atoms with Crippen molar-refractivity contribution < 1.29 is 4.74 Å². The third-order valence-electron chi connectivity index (χ3n) is 6.36. The van der Waals surface area contributed by atoms with Crippen molar-refractivity contribution in [2.45, 2.75) is 64.5 Å². The van der Waals surface area contributed by atoms with Gasteiger partial charge >= 0.3 is 0 Å². The SMILES string of the molecule is Cc1cnn(CCCC2CCN(c3nccc(CCOC4CCNCC4)n3)CC2)c1. The van der Waals surface area contributed by atoms with E-state index in [1.165, 1.54) is 31.2 Å². The second kappa shape index (κ2) is 10.9. The number of aromatic nitrogens is 4. The molecule has 7 heteroatoms. The Labute approximate surface area is 180 Å². The van der Waals surface area contributed by atoms with Crippen LogP contribution in [0.1, 0.15) is 49.8 Å². The predicted molar refractivity (Wildman–Crippen MR) is 119 cm³/mol. The fourth-order valence-electron chi connectivity index (χ4n) is 4.52. The number of rotatable bonds is 9. The molecule has 2 aliphatic heterocycles. The van der Waals surface area contributed by atoms with Crippen LogP contribution in [0.15, 0.2) is 24.7 Å². The Morgan fingerprint density at radius 3 is 2.77 bits per heavy atom. The molecule has 0 amide bonds. The van der Waals surface area contributed by atoms with Gasteiger partial charge in [-0.1, -0.05) is 0 Å². The molecule has 2 saturated heterocycles. The molecule has 4 rings (SSSR count). The summed E-state index contributed by atoms with van der Waals surface area (Å²) in [6.07, 6.45) is 14.4. The van der Waals surface area contributed by atoms with E-state index in [4.69, 9.17) is 9.72 Å². The number of ether oxygens (including phenoxy) is 1. The minimum Gasteiger partial charge on any atom is -0.378 e. The van der Waals surface area contributed by atoms with Crippen LogP contribution < -0.4 is 10.2 Å². The zero-order chi connectivity index (χ0) is 20.6. The molecule has 164 valence electrons. The Bertz CT molecular complexity index is 765. The first-order valence-corrected chi connectivity index (χ1v) is 11.6. The van der Waals surface area contributed by atoms with Crippen LogP contribution in [0.2, 0.25) is 0 Å². The maximum absolute atomic E-state index is 6.04. The lowest BCUT2D eigenvalue weighted by Crippen LogP contribution is -2.35. The molecular weight excluding hydrogens is 376 g/mol. The summed E-state index contributed by atoms with van der Waals surface area (Å²) in [4.78, 5) is 11.7. The molecule has 30 heavy (non-hydrogen) atoms. The van der Waals surface area contributed by atoms with Crippen molar-refractivity contribution in [1.29, 1.82) is 0 Å². The van der Waals surface area contributed by atoms with Gasteiger partial charge in [-0.15, -0.1) is 0 Å². The zero-order valence-electron chi connectivity index (χ0n) is 18.3. The number of hydrogen-bond donors (Lipinski definition) is 1. The molecule has 2 fully saturated rings. The van der Waals surface area contributed by atoms with Gasteiger partial charge in [0.2, 0.25) is 5.95 Å². The fourth-order valence-corrected chi connectivity index (χ4v) is 4.52. The highest BCUT2D eigenvalue weighted by Gasteiger charge is 2.21. The Kier molecular flexibility index (Phi) is 7.70. The summed E-state index contributed by atoms with van der Waals surface area (Å²) in [5, 5.41) is 7.77. The molecular formula is C23H36N6O. The van der Waals surface area contributed by atoms with Crippen LogP contribution >= 0.6 is 0 Å². The molecule has 0 aliphatic carbocycles. The van der Waals surface area contributed by atoms with Crippen LogP contribution in [-0.2, 0) is 17.7 Å². The molecule has 0 spiro atoms. The van der Waals surface area contributed by atoms with E-state index >= 15 is 0 Å². The van der Waals surface area contributed by atoms with Gasteiger partial charge in [-0.2, -0.15) is 5.10 Å². The van der Waals surface area contributed by atoms with E-state index in [0.717, 1.165) is 76.2 Å². The summed E-state index contributed by atoms with van der Waals surface area (Å²) in [6, 6.07) is 2.03. The average Bonchev–Trinajstić information content (AvgIpc) is 3.20. The number of anilines is 1. The third-order valence-corrected chi connectivity index (χ3v) is 6.36. The van der Waals surface area contributed by atoms with Gasteiger partial charge < -0.3 is 15.0 Å². The fraction of sp³-hybridized carbons (Fsp3) is 0.696. The first-order chi connectivity index (χ1) is 14.8. The van der Waals surface area contributed by atoms with Gasteiger partial charge in [0.25, 0.3) is 0 Å². The van der Waals surface area contributed by atoms with Gasteiger partial charge in [-0.25, -0.2) is 9.97 Å². The number of nitrogens with zero attached hydrogens (tertiary/aromatic N) is 5. The van der Waals surface area contributed by atoms with Crippen LogP contribution in [-0.4, -0.2) is 58.6 Å². The van der Waals surface area contributed by atoms with E-state index in [1.54, 1.807) is 0 Å². The topological polar surface area (TPSA) is 68.1 Å². The number of nitrogens with one attached hydrogen (secondary N) is 1. The summed E-state index contributed by atoms with van der Waals surface area (Å²) < 4.78 is 8.11. The Balaban J connectivity index is 1.17. The van der Waals surface area contributed by atoms with Crippen molar-refractivity contribution in [3.05, 3.63) is 35.9 Å². The number of hydrogen-bond acceptors (Lipinski definition) is 6. The predicted octanol–water partition coefficient (Wildman–Crippen LogP) is 2.99. The van der Waals surface area contributed by atoms with Gasteiger partial charge in [0.15, 0.2) is 0 Å². The number of aryl methyl sites for hydroxylation is 2. The quantitative estimate of drug-likeness (QED) is 0.683. The van der Waals surface area contributed by atoms with Gasteiger partial charge in [-0.05, 0) is 76.1 Å². The minimum absolute atomic E-state index is 0.406. The van der Waals surface area contributed by atoms with Crippen LogP contribution in [0.5, 0.6) is 0 Å². The lowest BCUT2D eigenvalue weighted by Gasteiger charge is -2.32. The molecule has 0 radical (unpaired) electrons. The molecule has 7 nitrogen and oxygen atoms in total. The second-order valence-corrected chi connectivity index (χ2v) is 8.77. The van der Waals surface area contributed by atoms with E-state index in [0.29, 0.717) is 6.10 Å². The molecule has 0 aromatic carbocycles. The molecule has 0 saturated carbocycles. The Morgan fingerprint density at radius 2 is 2.00 bits per heavy atom. The summed E-state index contributed by atoms with van der Waals surface area (Å²) in [6.45, 7) is 8.12. The lowest BCUT2D eigenvalue weighted by atomic mass is 9.92. The van der Waals surface area contributed by atoms with Crippen molar-refractivity contribution in [2.75, 3.05) is 37.7 Å². The molecule has 0 unspecified atom stereocenters. The highest BCUT2D eigenvalue weighted by atomic mass is 16.5. The van der Waals surface area contributed by atoms with E-state index in [9.17, 15) is 0 Å². The van der Waals surface area contributed by atoms with Crippen LogP contribution in [0.4, 0.5) is 5.95 Å². The smallest absolute Gasteiger partial charge is 0.225 e. The van der Waals surface area contributed by atoms with Crippen LogP contribution in [0, 0.1) is 12.8 Å².